The minimum absolute atomic E-state index is 0.156. The summed E-state index contributed by atoms with van der Waals surface area (Å²) in [7, 11) is 0. The van der Waals surface area contributed by atoms with Gasteiger partial charge in [0.1, 0.15) is 0 Å². The van der Waals surface area contributed by atoms with Crippen LogP contribution in [0.2, 0.25) is 10.0 Å². The van der Waals surface area contributed by atoms with Gasteiger partial charge < -0.3 is 9.88 Å². The SMILES string of the molecule is CCn1c(SCC(=O)Nc2ccc(Cl)c(Cl)c2)nnc1-c1csc(C)c1-c1ccccc1. The second-order valence-electron chi connectivity index (χ2n) is 6.96. The van der Waals surface area contributed by atoms with Gasteiger partial charge in [-0.2, -0.15) is 0 Å². The molecule has 0 radical (unpaired) electrons. The molecule has 0 saturated heterocycles. The number of carbonyl (C=O) groups is 1. The number of rotatable bonds is 7. The molecule has 0 aliphatic rings. The van der Waals surface area contributed by atoms with E-state index in [0.29, 0.717) is 27.4 Å². The molecule has 0 spiro atoms. The fourth-order valence-electron chi connectivity index (χ4n) is 3.36. The number of anilines is 1. The monoisotopic (exact) mass is 502 g/mol. The van der Waals surface area contributed by atoms with Crippen LogP contribution in [0.15, 0.2) is 59.1 Å². The molecule has 5 nitrogen and oxygen atoms in total. The van der Waals surface area contributed by atoms with Crippen LogP contribution in [0, 0.1) is 6.92 Å². The first-order chi connectivity index (χ1) is 15.5. The van der Waals surface area contributed by atoms with Crippen LogP contribution in [0.3, 0.4) is 0 Å². The van der Waals surface area contributed by atoms with Crippen LogP contribution in [0.25, 0.3) is 22.5 Å². The molecule has 164 valence electrons. The zero-order chi connectivity index (χ0) is 22.7. The Morgan fingerprint density at radius 1 is 1.12 bits per heavy atom. The lowest BCUT2D eigenvalue weighted by Gasteiger charge is -2.10. The lowest BCUT2D eigenvalue weighted by atomic mass is 10.0. The third-order valence-corrected chi connectivity index (χ3v) is 7.46. The molecule has 0 fully saturated rings. The van der Waals surface area contributed by atoms with Crippen molar-refractivity contribution < 1.29 is 4.79 Å². The van der Waals surface area contributed by atoms with E-state index in [0.717, 1.165) is 17.0 Å². The van der Waals surface area contributed by atoms with Gasteiger partial charge in [0.15, 0.2) is 11.0 Å². The van der Waals surface area contributed by atoms with E-state index in [1.807, 2.05) is 29.7 Å². The first-order valence-electron chi connectivity index (χ1n) is 9.92. The van der Waals surface area contributed by atoms with Gasteiger partial charge in [-0.25, -0.2) is 0 Å². The van der Waals surface area contributed by atoms with Crippen LogP contribution in [-0.4, -0.2) is 26.4 Å². The number of nitrogens with zero attached hydrogens (tertiary/aromatic N) is 3. The number of hydrogen-bond donors (Lipinski definition) is 1. The Hall–Kier alpha value is -2.32. The lowest BCUT2D eigenvalue weighted by Crippen LogP contribution is -2.14. The summed E-state index contributed by atoms with van der Waals surface area (Å²) in [5.74, 6) is 0.854. The Morgan fingerprint density at radius 3 is 2.62 bits per heavy atom. The number of nitrogens with one attached hydrogen (secondary N) is 1. The molecule has 2 aromatic heterocycles. The zero-order valence-electron chi connectivity index (χ0n) is 17.4. The van der Waals surface area contributed by atoms with Gasteiger partial charge >= 0.3 is 0 Å². The smallest absolute Gasteiger partial charge is 0.234 e. The first-order valence-corrected chi connectivity index (χ1v) is 12.5. The Morgan fingerprint density at radius 2 is 1.91 bits per heavy atom. The second kappa shape index (κ2) is 10.1. The van der Waals surface area contributed by atoms with Crippen LogP contribution in [0.5, 0.6) is 0 Å². The quantitative estimate of drug-likeness (QED) is 0.275. The van der Waals surface area contributed by atoms with Gasteiger partial charge in [-0.05, 0) is 37.6 Å². The fourth-order valence-corrected chi connectivity index (χ4v) is 5.33. The van der Waals surface area contributed by atoms with Gasteiger partial charge in [-0.3, -0.25) is 4.79 Å². The molecule has 2 aromatic carbocycles. The summed E-state index contributed by atoms with van der Waals surface area (Å²) in [4.78, 5) is 13.7. The number of amides is 1. The number of hydrogen-bond acceptors (Lipinski definition) is 5. The molecule has 32 heavy (non-hydrogen) atoms. The van der Waals surface area contributed by atoms with E-state index in [2.05, 4.69) is 40.0 Å². The topological polar surface area (TPSA) is 59.8 Å². The van der Waals surface area contributed by atoms with Crippen LogP contribution in [0.1, 0.15) is 11.8 Å². The van der Waals surface area contributed by atoms with Crippen LogP contribution in [-0.2, 0) is 11.3 Å². The van der Waals surface area contributed by atoms with Crippen LogP contribution >= 0.6 is 46.3 Å². The number of aromatic nitrogens is 3. The van der Waals surface area contributed by atoms with Crippen molar-refractivity contribution in [2.45, 2.75) is 25.5 Å². The van der Waals surface area contributed by atoms with Gasteiger partial charge in [-0.1, -0.05) is 65.3 Å². The van der Waals surface area contributed by atoms with Crippen molar-refractivity contribution in [3.05, 3.63) is 68.8 Å². The summed E-state index contributed by atoms with van der Waals surface area (Å²) >= 11 is 15.0. The first kappa shape index (κ1) is 22.9. The molecule has 0 bridgehead atoms. The maximum absolute atomic E-state index is 12.4. The molecule has 1 N–H and O–H groups in total. The summed E-state index contributed by atoms with van der Waals surface area (Å²) < 4.78 is 2.05. The molecule has 0 saturated carbocycles. The molecule has 2 heterocycles. The highest BCUT2D eigenvalue weighted by Crippen LogP contribution is 2.39. The summed E-state index contributed by atoms with van der Waals surface area (Å²) in [6.07, 6.45) is 0. The number of thioether (sulfide) groups is 1. The number of halogens is 2. The van der Waals surface area contributed by atoms with E-state index in [9.17, 15) is 4.79 Å². The van der Waals surface area contributed by atoms with E-state index in [1.165, 1.54) is 22.2 Å². The van der Waals surface area contributed by atoms with E-state index in [4.69, 9.17) is 23.2 Å². The van der Waals surface area contributed by atoms with E-state index < -0.39 is 0 Å². The van der Waals surface area contributed by atoms with Crippen molar-refractivity contribution in [1.82, 2.24) is 14.8 Å². The number of aryl methyl sites for hydroxylation is 1. The fraction of sp³-hybridized carbons (Fsp3) is 0.174. The predicted molar refractivity (Wildman–Crippen MR) is 135 cm³/mol. The van der Waals surface area contributed by atoms with Gasteiger partial charge in [0, 0.05) is 33.6 Å². The lowest BCUT2D eigenvalue weighted by molar-refractivity contribution is -0.113. The van der Waals surface area contributed by atoms with Crippen molar-refractivity contribution in [2.75, 3.05) is 11.1 Å². The molecule has 4 aromatic rings. The third kappa shape index (κ3) is 4.86. The number of benzene rings is 2. The van der Waals surface area contributed by atoms with Crippen LogP contribution < -0.4 is 5.32 Å². The van der Waals surface area contributed by atoms with Crippen molar-refractivity contribution >= 4 is 57.9 Å². The van der Waals surface area contributed by atoms with Crippen molar-refractivity contribution in [2.24, 2.45) is 0 Å². The number of thiophene rings is 1. The highest BCUT2D eigenvalue weighted by Gasteiger charge is 2.20. The van der Waals surface area contributed by atoms with Crippen molar-refractivity contribution in [1.29, 1.82) is 0 Å². The molecule has 0 aliphatic heterocycles. The van der Waals surface area contributed by atoms with E-state index >= 15 is 0 Å². The minimum atomic E-state index is -0.156. The summed E-state index contributed by atoms with van der Waals surface area (Å²) in [6.45, 7) is 4.86. The Balaban J connectivity index is 1.53. The summed E-state index contributed by atoms with van der Waals surface area (Å²) in [6, 6.07) is 15.3. The average molecular weight is 503 g/mol. The summed E-state index contributed by atoms with van der Waals surface area (Å²) in [5.41, 5.74) is 3.98. The molecular formula is C23H20Cl2N4OS2. The summed E-state index contributed by atoms with van der Waals surface area (Å²) in [5, 5.41) is 15.3. The van der Waals surface area contributed by atoms with E-state index in [1.54, 1.807) is 29.5 Å². The maximum Gasteiger partial charge on any atom is 0.234 e. The highest BCUT2D eigenvalue weighted by molar-refractivity contribution is 7.99. The molecule has 9 heteroatoms. The molecule has 1 amide bonds. The Bertz CT molecular complexity index is 1250. The Labute approximate surface area is 204 Å². The van der Waals surface area contributed by atoms with Gasteiger partial charge in [-0.15, -0.1) is 21.5 Å². The van der Waals surface area contributed by atoms with Crippen molar-refractivity contribution in [3.8, 4) is 22.5 Å². The van der Waals surface area contributed by atoms with Gasteiger partial charge in [0.25, 0.3) is 0 Å². The van der Waals surface area contributed by atoms with Crippen molar-refractivity contribution in [3.63, 3.8) is 0 Å². The minimum Gasteiger partial charge on any atom is -0.325 e. The van der Waals surface area contributed by atoms with Gasteiger partial charge in [0.05, 0.1) is 15.8 Å². The normalized spacial score (nSPS) is 11.0. The molecule has 4 rings (SSSR count). The molecular weight excluding hydrogens is 483 g/mol. The average Bonchev–Trinajstić information content (AvgIpc) is 3.38. The van der Waals surface area contributed by atoms with Crippen LogP contribution in [0.4, 0.5) is 5.69 Å². The Kier molecular flexibility index (Phi) is 7.20. The highest BCUT2D eigenvalue weighted by atomic mass is 35.5. The number of carbonyl (C=O) groups excluding carboxylic acids is 1. The molecule has 0 aliphatic carbocycles. The third-order valence-electron chi connectivity index (χ3n) is 4.85. The molecule has 0 unspecified atom stereocenters. The standard InChI is InChI=1S/C23H20Cl2N4OS2/c1-3-29-22(17-12-31-14(2)21(17)15-7-5-4-6-8-15)27-28-23(29)32-13-20(30)26-16-9-10-18(24)19(25)11-16/h4-12H,3,13H2,1-2H3,(H,26,30). The predicted octanol–water partition coefficient (Wildman–Crippen LogP) is 7.04. The van der Waals surface area contributed by atoms with E-state index in [-0.39, 0.29) is 11.7 Å². The van der Waals surface area contributed by atoms with Gasteiger partial charge in [0.2, 0.25) is 5.91 Å². The largest absolute Gasteiger partial charge is 0.325 e. The second-order valence-corrected chi connectivity index (χ2v) is 9.80. The zero-order valence-corrected chi connectivity index (χ0v) is 20.6. The molecule has 0 atom stereocenters. The maximum atomic E-state index is 12.4.